The summed E-state index contributed by atoms with van der Waals surface area (Å²) in [5.41, 5.74) is 7.47. The number of ether oxygens (including phenoxy) is 2. The number of carboxylic acids is 1. The van der Waals surface area contributed by atoms with Crippen LogP contribution >= 0.6 is 0 Å². The Morgan fingerprint density at radius 2 is 1.77 bits per heavy atom. The van der Waals surface area contributed by atoms with E-state index in [2.05, 4.69) is 15.6 Å². The van der Waals surface area contributed by atoms with E-state index in [0.29, 0.717) is 35.4 Å². The molecule has 2 heterocycles. The van der Waals surface area contributed by atoms with Crippen LogP contribution in [0.3, 0.4) is 0 Å². The molecule has 1 aliphatic rings. The molecule has 18 heteroatoms. The summed E-state index contributed by atoms with van der Waals surface area (Å²) in [5.74, 6) is -3.19. The maximum absolute atomic E-state index is 15.8. The number of methoxy groups -OCH3 is 2. The standard InChI is InChI=1S/C33H36FN5O6S.C2HF3O2/c1-5-46(42,43)28-13-12-21(36-33(41)45-4)17-24(28)26-11-8-14-39(26)32(40)30(23-18-27(44-3)19(2)15-25(23)34)37-29-16-20-9-6-7-10-22(20)31(35)38-29;3-2(4,5)1(6)7/h6-7,9-10,12-13,15-18,26,30H,5,8,11,14H2,1-4H3,(H,36,41)(H3,35,37,38);(H,6,7)/t26-,30+;/m1./s1. The van der Waals surface area contributed by atoms with E-state index < -0.39 is 51.9 Å². The topological polar surface area (TPSA) is 190 Å². The van der Waals surface area contributed by atoms with Gasteiger partial charge in [-0.05, 0) is 72.7 Å². The van der Waals surface area contributed by atoms with Crippen LogP contribution in [0.2, 0.25) is 0 Å². The minimum Gasteiger partial charge on any atom is -0.496 e. The maximum Gasteiger partial charge on any atom is 0.490 e. The second-order valence-electron chi connectivity index (χ2n) is 11.8. The number of fused-ring (bicyclic) bond motifs is 1. The third-order valence-electron chi connectivity index (χ3n) is 8.43. The summed E-state index contributed by atoms with van der Waals surface area (Å²) >= 11 is 0. The minimum absolute atomic E-state index is 0.0224. The number of carboxylic acid groups (broad SMARTS) is 1. The van der Waals surface area contributed by atoms with Crippen molar-refractivity contribution in [3.63, 3.8) is 0 Å². The molecular weight excluding hydrogens is 726 g/mol. The highest BCUT2D eigenvalue weighted by Crippen LogP contribution is 2.40. The molecule has 5 rings (SSSR count). The Kier molecular flexibility index (Phi) is 12.4. The number of nitrogens with zero attached hydrogens (tertiary/aromatic N) is 2. The highest BCUT2D eigenvalue weighted by Gasteiger charge is 2.39. The number of hydrogen-bond acceptors (Lipinski definition) is 10. The molecular formula is C35H37F4N5O8S. The van der Waals surface area contributed by atoms with Gasteiger partial charge in [-0.15, -0.1) is 0 Å². The van der Waals surface area contributed by atoms with Gasteiger partial charge in [-0.3, -0.25) is 10.1 Å². The smallest absolute Gasteiger partial charge is 0.490 e. The summed E-state index contributed by atoms with van der Waals surface area (Å²) in [6.07, 6.45) is -4.82. The number of aliphatic carboxylic acids is 1. The Morgan fingerprint density at radius 1 is 1.09 bits per heavy atom. The lowest BCUT2D eigenvalue weighted by Gasteiger charge is -2.31. The normalized spacial score (nSPS) is 14.9. The number of likely N-dealkylation sites (tertiary alicyclic amines) is 1. The molecule has 0 saturated carbocycles. The van der Waals surface area contributed by atoms with E-state index >= 15 is 4.39 Å². The zero-order valence-corrected chi connectivity index (χ0v) is 29.8. The van der Waals surface area contributed by atoms with Gasteiger partial charge in [0.05, 0.1) is 30.9 Å². The third-order valence-corrected chi connectivity index (χ3v) is 10.2. The van der Waals surface area contributed by atoms with E-state index in [4.69, 9.17) is 25.1 Å². The number of benzene rings is 3. The molecule has 0 radical (unpaired) electrons. The van der Waals surface area contributed by atoms with Gasteiger partial charge in [0.15, 0.2) is 9.84 Å². The van der Waals surface area contributed by atoms with Gasteiger partial charge in [-0.25, -0.2) is 27.4 Å². The van der Waals surface area contributed by atoms with E-state index in [9.17, 15) is 31.2 Å². The largest absolute Gasteiger partial charge is 0.496 e. The number of aromatic nitrogens is 1. The Labute approximate surface area is 302 Å². The molecule has 1 aromatic heterocycles. The van der Waals surface area contributed by atoms with Crippen LogP contribution in [-0.2, 0) is 24.2 Å². The fourth-order valence-corrected chi connectivity index (χ4v) is 6.98. The van der Waals surface area contributed by atoms with Crippen molar-refractivity contribution in [2.24, 2.45) is 0 Å². The number of alkyl halides is 3. The number of hydrogen-bond donors (Lipinski definition) is 4. The molecule has 2 atom stereocenters. The number of sulfone groups is 1. The number of nitrogens with one attached hydrogen (secondary N) is 2. The summed E-state index contributed by atoms with van der Waals surface area (Å²) in [6.45, 7) is 3.51. The summed E-state index contributed by atoms with van der Waals surface area (Å²) in [5, 5.41) is 14.3. The number of nitrogen functional groups attached to an aromatic ring is 1. The van der Waals surface area contributed by atoms with E-state index in [0.717, 1.165) is 10.8 Å². The first-order valence-electron chi connectivity index (χ1n) is 16.0. The highest BCUT2D eigenvalue weighted by atomic mass is 32.2. The van der Waals surface area contributed by atoms with Crippen molar-refractivity contribution in [1.82, 2.24) is 9.88 Å². The fourth-order valence-electron chi connectivity index (χ4n) is 5.84. The Morgan fingerprint density at radius 3 is 2.40 bits per heavy atom. The van der Waals surface area contributed by atoms with Gasteiger partial charge < -0.3 is 30.5 Å². The molecule has 2 amide bonds. The first-order chi connectivity index (χ1) is 24.9. The zero-order chi connectivity index (χ0) is 39.2. The first kappa shape index (κ1) is 40.1. The average Bonchev–Trinajstić information content (AvgIpc) is 3.60. The van der Waals surface area contributed by atoms with E-state index in [1.165, 1.54) is 45.4 Å². The fraction of sp³-hybridized carbons (Fsp3) is 0.314. The summed E-state index contributed by atoms with van der Waals surface area (Å²) in [4.78, 5) is 41.5. The van der Waals surface area contributed by atoms with Crippen molar-refractivity contribution in [1.29, 1.82) is 0 Å². The van der Waals surface area contributed by atoms with Crippen LogP contribution < -0.4 is 21.1 Å². The Bertz CT molecular complexity index is 2130. The van der Waals surface area contributed by atoms with Gasteiger partial charge in [-0.2, -0.15) is 13.2 Å². The van der Waals surface area contributed by atoms with E-state index in [1.54, 1.807) is 24.0 Å². The zero-order valence-electron chi connectivity index (χ0n) is 29.0. The number of halogens is 4. The summed E-state index contributed by atoms with van der Waals surface area (Å²) < 4.78 is 84.1. The van der Waals surface area contributed by atoms with Gasteiger partial charge >= 0.3 is 18.2 Å². The van der Waals surface area contributed by atoms with E-state index in [-0.39, 0.29) is 34.4 Å². The van der Waals surface area contributed by atoms with Gasteiger partial charge in [0, 0.05) is 23.2 Å². The molecule has 0 aliphatic carbocycles. The molecule has 1 fully saturated rings. The quantitative estimate of drug-likeness (QED) is 0.138. The maximum atomic E-state index is 15.8. The van der Waals surface area contributed by atoms with Gasteiger partial charge in [0.25, 0.3) is 0 Å². The predicted molar refractivity (Wildman–Crippen MR) is 188 cm³/mol. The lowest BCUT2D eigenvalue weighted by molar-refractivity contribution is -0.192. The van der Waals surface area contributed by atoms with Crippen LogP contribution in [0.4, 0.5) is 39.7 Å². The molecule has 5 N–H and O–H groups in total. The molecule has 0 bridgehead atoms. The predicted octanol–water partition coefficient (Wildman–Crippen LogP) is 6.40. The van der Waals surface area contributed by atoms with Crippen molar-refractivity contribution in [3.8, 4) is 5.75 Å². The number of carbonyl (C=O) groups excluding carboxylic acids is 2. The number of carbonyl (C=O) groups is 3. The van der Waals surface area contributed by atoms with Crippen LogP contribution in [0, 0.1) is 12.7 Å². The molecule has 0 unspecified atom stereocenters. The molecule has 1 aliphatic heterocycles. The number of aryl methyl sites for hydroxylation is 1. The molecule has 1 saturated heterocycles. The molecule has 4 aromatic rings. The number of rotatable bonds is 9. The summed E-state index contributed by atoms with van der Waals surface area (Å²) in [6, 6.07) is 14.3. The lowest BCUT2D eigenvalue weighted by Crippen LogP contribution is -2.38. The van der Waals surface area contributed by atoms with Crippen LogP contribution in [0.5, 0.6) is 5.75 Å². The minimum atomic E-state index is -5.08. The third kappa shape index (κ3) is 9.24. The van der Waals surface area contributed by atoms with Crippen molar-refractivity contribution in [3.05, 3.63) is 83.2 Å². The van der Waals surface area contributed by atoms with Gasteiger partial charge in [0.2, 0.25) is 5.91 Å². The average molecular weight is 764 g/mol. The van der Waals surface area contributed by atoms with Crippen molar-refractivity contribution in [2.75, 3.05) is 42.9 Å². The highest BCUT2D eigenvalue weighted by molar-refractivity contribution is 7.91. The number of pyridine rings is 1. The van der Waals surface area contributed by atoms with E-state index in [1.807, 2.05) is 24.3 Å². The molecule has 0 spiro atoms. The molecule has 284 valence electrons. The SMILES string of the molecule is CCS(=O)(=O)c1ccc(NC(=O)OC)cc1[C@H]1CCCN1C(=O)[C@@H](Nc1cc2ccccc2c(N)n1)c1cc(OC)c(C)cc1F.O=C(O)C(F)(F)F. The second-order valence-corrected chi connectivity index (χ2v) is 14.0. The van der Waals surface area contributed by atoms with Crippen molar-refractivity contribution < 1.29 is 54.9 Å². The molecule has 13 nitrogen and oxygen atoms in total. The monoisotopic (exact) mass is 763 g/mol. The van der Waals surface area contributed by atoms with Crippen molar-refractivity contribution in [2.45, 2.75) is 49.8 Å². The van der Waals surface area contributed by atoms with Crippen LogP contribution in [0.15, 0.2) is 65.6 Å². The second kappa shape index (κ2) is 16.4. The van der Waals surface area contributed by atoms with Crippen LogP contribution in [0.1, 0.15) is 48.5 Å². The molecule has 3 aromatic carbocycles. The first-order valence-corrected chi connectivity index (χ1v) is 17.6. The Hall–Kier alpha value is -5.65. The van der Waals surface area contributed by atoms with Crippen LogP contribution in [-0.4, -0.2) is 74.1 Å². The summed E-state index contributed by atoms with van der Waals surface area (Å²) in [7, 11) is -1.06. The number of anilines is 3. The lowest BCUT2D eigenvalue weighted by atomic mass is 9.99. The molecule has 53 heavy (non-hydrogen) atoms. The Balaban J connectivity index is 0.000000815. The van der Waals surface area contributed by atoms with Gasteiger partial charge in [0.1, 0.15) is 29.2 Å². The van der Waals surface area contributed by atoms with Crippen molar-refractivity contribution >= 4 is 55.9 Å². The number of nitrogens with two attached hydrogens (primary N) is 1. The van der Waals surface area contributed by atoms with Gasteiger partial charge in [-0.1, -0.05) is 31.2 Å². The number of amides is 2. The van der Waals surface area contributed by atoms with Crippen LogP contribution in [0.25, 0.3) is 10.8 Å².